The molecule has 0 bridgehead atoms. The summed E-state index contributed by atoms with van der Waals surface area (Å²) in [6.07, 6.45) is 3.47. The number of hydrogen-bond acceptors (Lipinski definition) is 2. The zero-order chi connectivity index (χ0) is 11.7. The van der Waals surface area contributed by atoms with Gasteiger partial charge in [-0.3, -0.25) is 0 Å². The molecule has 0 unspecified atom stereocenters. The second-order valence-corrected chi connectivity index (χ2v) is 3.78. The van der Waals surface area contributed by atoms with E-state index in [0.29, 0.717) is 0 Å². The summed E-state index contributed by atoms with van der Waals surface area (Å²) in [6.45, 7) is 0. The van der Waals surface area contributed by atoms with Crippen molar-refractivity contribution in [1.29, 1.82) is 0 Å². The van der Waals surface area contributed by atoms with E-state index >= 15 is 0 Å². The maximum Gasteiger partial charge on any atom is 0.159 e. The predicted octanol–water partition coefficient (Wildman–Crippen LogP) is 3.44. The van der Waals surface area contributed by atoms with E-state index in [1.807, 2.05) is 18.2 Å². The second-order valence-electron chi connectivity index (χ2n) is 3.78. The molecule has 82 valence electrons. The van der Waals surface area contributed by atoms with Crippen LogP contribution >= 0.6 is 0 Å². The molecule has 0 saturated heterocycles. The van der Waals surface area contributed by atoms with E-state index in [1.54, 1.807) is 24.5 Å². The van der Waals surface area contributed by atoms with Gasteiger partial charge in [-0.1, -0.05) is 12.1 Å². The number of pyridine rings is 2. The SMILES string of the molecule is Fc1ccc(-c2cnc3ncccc3c2)cc1. The van der Waals surface area contributed by atoms with Crippen molar-refractivity contribution in [3.05, 3.63) is 60.7 Å². The van der Waals surface area contributed by atoms with Crippen LogP contribution in [0, 0.1) is 5.82 Å². The average molecular weight is 224 g/mol. The molecule has 3 rings (SSSR count). The van der Waals surface area contributed by atoms with E-state index < -0.39 is 0 Å². The second kappa shape index (κ2) is 3.94. The van der Waals surface area contributed by atoms with Gasteiger partial charge < -0.3 is 0 Å². The lowest BCUT2D eigenvalue weighted by atomic mass is 10.1. The van der Waals surface area contributed by atoms with Gasteiger partial charge in [0.1, 0.15) is 5.82 Å². The summed E-state index contributed by atoms with van der Waals surface area (Å²) in [5.41, 5.74) is 2.63. The van der Waals surface area contributed by atoms with Crippen LogP contribution < -0.4 is 0 Å². The maximum atomic E-state index is 12.8. The Bertz CT molecular complexity index is 662. The van der Waals surface area contributed by atoms with Crippen LogP contribution in [-0.4, -0.2) is 9.97 Å². The quantitative estimate of drug-likeness (QED) is 0.632. The zero-order valence-electron chi connectivity index (χ0n) is 8.97. The van der Waals surface area contributed by atoms with E-state index in [1.165, 1.54) is 12.1 Å². The van der Waals surface area contributed by atoms with Gasteiger partial charge in [0.25, 0.3) is 0 Å². The Hall–Kier alpha value is -2.29. The highest BCUT2D eigenvalue weighted by Crippen LogP contribution is 2.21. The van der Waals surface area contributed by atoms with E-state index in [-0.39, 0.29) is 5.82 Å². The topological polar surface area (TPSA) is 25.8 Å². The van der Waals surface area contributed by atoms with E-state index in [0.717, 1.165) is 22.2 Å². The van der Waals surface area contributed by atoms with Gasteiger partial charge in [-0.25, -0.2) is 14.4 Å². The fourth-order valence-corrected chi connectivity index (χ4v) is 1.77. The number of halogens is 1. The average Bonchev–Trinajstić information content (AvgIpc) is 2.39. The molecular formula is C14H9FN2. The number of aromatic nitrogens is 2. The largest absolute Gasteiger partial charge is 0.237 e. The Morgan fingerprint density at radius 3 is 2.53 bits per heavy atom. The maximum absolute atomic E-state index is 12.8. The van der Waals surface area contributed by atoms with Crippen LogP contribution in [0.25, 0.3) is 22.2 Å². The van der Waals surface area contributed by atoms with Crippen molar-refractivity contribution in [3.63, 3.8) is 0 Å². The third-order valence-electron chi connectivity index (χ3n) is 2.63. The molecule has 2 nitrogen and oxygen atoms in total. The Kier molecular flexibility index (Phi) is 2.29. The van der Waals surface area contributed by atoms with E-state index in [4.69, 9.17) is 0 Å². The molecule has 0 amide bonds. The van der Waals surface area contributed by atoms with Gasteiger partial charge in [0.05, 0.1) is 0 Å². The molecule has 0 saturated carbocycles. The monoisotopic (exact) mass is 224 g/mol. The van der Waals surface area contributed by atoms with E-state index in [2.05, 4.69) is 9.97 Å². The number of benzene rings is 1. The van der Waals surface area contributed by atoms with Gasteiger partial charge >= 0.3 is 0 Å². The Morgan fingerprint density at radius 2 is 1.71 bits per heavy atom. The highest BCUT2D eigenvalue weighted by Gasteiger charge is 2.01. The van der Waals surface area contributed by atoms with Crippen LogP contribution in [0.1, 0.15) is 0 Å². The zero-order valence-corrected chi connectivity index (χ0v) is 8.97. The van der Waals surface area contributed by atoms with Crippen molar-refractivity contribution in [1.82, 2.24) is 9.97 Å². The third-order valence-corrected chi connectivity index (χ3v) is 2.63. The minimum Gasteiger partial charge on any atom is -0.237 e. The van der Waals surface area contributed by atoms with Crippen molar-refractivity contribution < 1.29 is 4.39 Å². The summed E-state index contributed by atoms with van der Waals surface area (Å²) in [4.78, 5) is 8.43. The predicted molar refractivity (Wildman–Crippen MR) is 64.9 cm³/mol. The standard InChI is InChI=1S/C14H9FN2/c15-13-5-3-10(4-6-13)12-8-11-2-1-7-16-14(11)17-9-12/h1-9H. The van der Waals surface area contributed by atoms with Crippen molar-refractivity contribution >= 4 is 11.0 Å². The van der Waals surface area contributed by atoms with Crippen LogP contribution in [0.3, 0.4) is 0 Å². The van der Waals surface area contributed by atoms with Crippen LogP contribution in [0.4, 0.5) is 4.39 Å². The number of nitrogens with zero attached hydrogens (tertiary/aromatic N) is 2. The van der Waals surface area contributed by atoms with Crippen LogP contribution in [0.5, 0.6) is 0 Å². The van der Waals surface area contributed by atoms with Gasteiger partial charge in [0.15, 0.2) is 5.65 Å². The number of rotatable bonds is 1. The third kappa shape index (κ3) is 1.87. The van der Waals surface area contributed by atoms with Crippen molar-refractivity contribution in [2.24, 2.45) is 0 Å². The Morgan fingerprint density at radius 1 is 0.882 bits per heavy atom. The highest BCUT2D eigenvalue weighted by molar-refractivity contribution is 5.80. The smallest absolute Gasteiger partial charge is 0.159 e. The molecule has 0 fully saturated rings. The molecular weight excluding hydrogens is 215 g/mol. The minimum absolute atomic E-state index is 0.232. The van der Waals surface area contributed by atoms with Gasteiger partial charge in [0, 0.05) is 23.3 Å². The molecule has 2 aromatic heterocycles. The fourth-order valence-electron chi connectivity index (χ4n) is 1.77. The molecule has 0 aliphatic heterocycles. The first-order valence-corrected chi connectivity index (χ1v) is 5.30. The molecule has 1 aromatic carbocycles. The van der Waals surface area contributed by atoms with Gasteiger partial charge in [-0.2, -0.15) is 0 Å². The summed E-state index contributed by atoms with van der Waals surface area (Å²) in [6, 6.07) is 12.2. The van der Waals surface area contributed by atoms with Crippen molar-refractivity contribution in [2.45, 2.75) is 0 Å². The minimum atomic E-state index is -0.232. The Balaban J connectivity index is 2.14. The molecule has 0 N–H and O–H groups in total. The molecule has 2 heterocycles. The summed E-state index contributed by atoms with van der Waals surface area (Å²) in [5, 5.41) is 0.981. The summed E-state index contributed by atoms with van der Waals surface area (Å²) < 4.78 is 12.8. The van der Waals surface area contributed by atoms with Gasteiger partial charge in [-0.15, -0.1) is 0 Å². The molecule has 0 atom stereocenters. The van der Waals surface area contributed by atoms with Crippen molar-refractivity contribution in [2.75, 3.05) is 0 Å². The first kappa shape index (κ1) is 9.90. The van der Waals surface area contributed by atoms with Crippen LogP contribution in [0.2, 0.25) is 0 Å². The summed E-state index contributed by atoms with van der Waals surface area (Å²) in [5.74, 6) is -0.232. The molecule has 3 aromatic rings. The lowest BCUT2D eigenvalue weighted by Crippen LogP contribution is -1.85. The highest BCUT2D eigenvalue weighted by atomic mass is 19.1. The lowest BCUT2D eigenvalue weighted by Gasteiger charge is -2.02. The number of fused-ring (bicyclic) bond motifs is 1. The molecule has 0 radical (unpaired) electrons. The molecule has 0 spiro atoms. The number of hydrogen-bond donors (Lipinski definition) is 0. The lowest BCUT2D eigenvalue weighted by molar-refractivity contribution is 0.628. The molecule has 3 heteroatoms. The first-order chi connectivity index (χ1) is 8.33. The molecule has 0 aliphatic carbocycles. The van der Waals surface area contributed by atoms with Gasteiger partial charge in [0.2, 0.25) is 0 Å². The summed E-state index contributed by atoms with van der Waals surface area (Å²) in [7, 11) is 0. The summed E-state index contributed by atoms with van der Waals surface area (Å²) >= 11 is 0. The van der Waals surface area contributed by atoms with Crippen LogP contribution in [0.15, 0.2) is 54.9 Å². The first-order valence-electron chi connectivity index (χ1n) is 5.30. The molecule has 17 heavy (non-hydrogen) atoms. The van der Waals surface area contributed by atoms with Crippen LogP contribution in [-0.2, 0) is 0 Å². The van der Waals surface area contributed by atoms with Gasteiger partial charge in [-0.05, 0) is 35.9 Å². The van der Waals surface area contributed by atoms with Crippen molar-refractivity contribution in [3.8, 4) is 11.1 Å². The Labute approximate surface area is 97.8 Å². The normalized spacial score (nSPS) is 10.6. The fraction of sp³-hybridized carbons (Fsp3) is 0. The molecule has 0 aliphatic rings. The van der Waals surface area contributed by atoms with E-state index in [9.17, 15) is 4.39 Å².